The molecule has 0 aliphatic heterocycles. The Hall–Kier alpha value is -1.97. The fourth-order valence-electron chi connectivity index (χ4n) is 1.53. The third kappa shape index (κ3) is 4.31. The molecule has 1 N–H and O–H groups in total. The Bertz CT molecular complexity index is 631. The van der Waals surface area contributed by atoms with E-state index in [4.69, 9.17) is 11.6 Å². The Labute approximate surface area is 136 Å². The number of esters is 1. The second-order valence-corrected chi connectivity index (χ2v) is 4.98. The largest absolute Gasteiger partial charge is 0.463 e. The summed E-state index contributed by atoms with van der Waals surface area (Å²) in [4.78, 5) is 19.3. The zero-order valence-corrected chi connectivity index (χ0v) is 12.6. The summed E-state index contributed by atoms with van der Waals surface area (Å²) in [7, 11) is 0. The summed E-state index contributed by atoms with van der Waals surface area (Å²) in [6.45, 7) is 0.753. The van der Waals surface area contributed by atoms with Gasteiger partial charge in [0.25, 0.3) is 5.91 Å². The zero-order chi connectivity index (χ0) is 18.8. The number of hydrogen-bond acceptors (Lipinski definition) is 3. The molecule has 1 aromatic rings. The maximum Gasteiger partial charge on any atom is 0.437 e. The smallest absolute Gasteiger partial charge is 0.437 e. The summed E-state index contributed by atoms with van der Waals surface area (Å²) in [5.41, 5.74) is -2.01. The van der Waals surface area contributed by atoms with E-state index < -0.39 is 47.0 Å². The predicted molar refractivity (Wildman–Crippen MR) is 70.2 cm³/mol. The van der Waals surface area contributed by atoms with Gasteiger partial charge in [-0.2, -0.15) is 26.3 Å². The SMILES string of the molecule is CCOC(=O)[C@](Cl)(NC(=O)c1cccc(C(F)(F)F)c1)C(F)(F)F. The first-order valence-corrected chi connectivity index (χ1v) is 6.63. The average Bonchev–Trinajstić information content (AvgIpc) is 2.45. The minimum Gasteiger partial charge on any atom is -0.463 e. The Balaban J connectivity index is 3.17. The van der Waals surface area contributed by atoms with Crippen LogP contribution >= 0.6 is 11.6 Å². The van der Waals surface area contributed by atoms with E-state index in [0.29, 0.717) is 12.1 Å². The fourth-order valence-corrected chi connectivity index (χ4v) is 1.67. The number of carbonyl (C=O) groups is 2. The van der Waals surface area contributed by atoms with Gasteiger partial charge in [0, 0.05) is 5.56 Å². The molecule has 0 unspecified atom stereocenters. The summed E-state index contributed by atoms with van der Waals surface area (Å²) >= 11 is 5.17. The van der Waals surface area contributed by atoms with Gasteiger partial charge in [0.1, 0.15) is 0 Å². The molecule has 0 saturated heterocycles. The van der Waals surface area contributed by atoms with E-state index in [1.807, 2.05) is 0 Å². The number of ether oxygens (including phenoxy) is 1. The van der Waals surface area contributed by atoms with Crippen molar-refractivity contribution in [3.63, 3.8) is 0 Å². The summed E-state index contributed by atoms with van der Waals surface area (Å²) in [6, 6.07) is 2.61. The van der Waals surface area contributed by atoms with E-state index in [2.05, 4.69) is 4.74 Å². The van der Waals surface area contributed by atoms with E-state index in [0.717, 1.165) is 12.1 Å². The Morgan fingerprint density at radius 3 is 2.21 bits per heavy atom. The van der Waals surface area contributed by atoms with Crippen molar-refractivity contribution in [1.29, 1.82) is 0 Å². The standard InChI is InChI=1S/C13H10ClF6NO3/c1-2-24-10(23)11(14,13(18,19)20)21-9(22)7-4-3-5-8(6-7)12(15,16)17/h3-6H,2H2,1H3,(H,21,22)/t11-/m0/s1. The van der Waals surface area contributed by atoms with Crippen molar-refractivity contribution in [2.75, 3.05) is 6.61 Å². The van der Waals surface area contributed by atoms with E-state index in [1.165, 1.54) is 12.2 Å². The molecule has 1 rings (SSSR count). The lowest BCUT2D eigenvalue weighted by molar-refractivity contribution is -0.192. The van der Waals surface area contributed by atoms with Crippen molar-refractivity contribution in [1.82, 2.24) is 5.32 Å². The van der Waals surface area contributed by atoms with Crippen LogP contribution in [0.1, 0.15) is 22.8 Å². The first kappa shape index (κ1) is 20.1. The number of halogens is 7. The summed E-state index contributed by atoms with van der Waals surface area (Å²) in [5, 5.41) is 1.17. The predicted octanol–water partition coefficient (Wildman–Crippen LogP) is 3.50. The molecule has 0 aliphatic rings. The Morgan fingerprint density at radius 1 is 1.17 bits per heavy atom. The maximum atomic E-state index is 13.0. The van der Waals surface area contributed by atoms with Gasteiger partial charge >= 0.3 is 23.3 Å². The molecule has 0 saturated carbocycles. The zero-order valence-electron chi connectivity index (χ0n) is 11.9. The lowest BCUT2D eigenvalue weighted by Gasteiger charge is -2.28. The van der Waals surface area contributed by atoms with Gasteiger partial charge in [-0.1, -0.05) is 17.7 Å². The fraction of sp³-hybridized carbons (Fsp3) is 0.385. The highest BCUT2D eigenvalue weighted by Gasteiger charge is 2.62. The lowest BCUT2D eigenvalue weighted by atomic mass is 10.1. The van der Waals surface area contributed by atoms with Gasteiger partial charge in [0.2, 0.25) is 0 Å². The Morgan fingerprint density at radius 2 is 1.75 bits per heavy atom. The molecule has 24 heavy (non-hydrogen) atoms. The molecule has 0 aliphatic carbocycles. The van der Waals surface area contributed by atoms with E-state index >= 15 is 0 Å². The van der Waals surface area contributed by atoms with Crippen LogP contribution in [0.4, 0.5) is 26.3 Å². The van der Waals surface area contributed by atoms with Gasteiger partial charge in [-0.15, -0.1) is 0 Å². The van der Waals surface area contributed by atoms with Gasteiger partial charge in [0.05, 0.1) is 12.2 Å². The van der Waals surface area contributed by atoms with Crippen LogP contribution in [0.5, 0.6) is 0 Å². The molecular formula is C13H10ClF6NO3. The van der Waals surface area contributed by atoms with Crippen molar-refractivity contribution in [2.45, 2.75) is 24.3 Å². The highest BCUT2D eigenvalue weighted by Crippen LogP contribution is 2.36. The molecule has 1 aromatic carbocycles. The minimum atomic E-state index is -5.45. The number of amides is 1. The van der Waals surface area contributed by atoms with Crippen LogP contribution in [-0.2, 0) is 15.7 Å². The molecule has 4 nitrogen and oxygen atoms in total. The second-order valence-electron chi connectivity index (χ2n) is 4.41. The first-order chi connectivity index (χ1) is 10.8. The van der Waals surface area contributed by atoms with Crippen molar-refractivity contribution in [3.8, 4) is 0 Å². The van der Waals surface area contributed by atoms with Crippen LogP contribution in [0, 0.1) is 0 Å². The average molecular weight is 378 g/mol. The quantitative estimate of drug-likeness (QED) is 0.378. The third-order valence-corrected chi connectivity index (χ3v) is 3.15. The molecule has 0 radical (unpaired) electrons. The highest BCUT2D eigenvalue weighted by atomic mass is 35.5. The molecule has 0 heterocycles. The number of benzene rings is 1. The summed E-state index contributed by atoms with van der Waals surface area (Å²) < 4.78 is 80.9. The molecule has 0 spiro atoms. The first-order valence-electron chi connectivity index (χ1n) is 6.25. The van der Waals surface area contributed by atoms with E-state index in [-0.39, 0.29) is 0 Å². The number of hydrogen-bond donors (Lipinski definition) is 1. The molecule has 1 atom stereocenters. The second kappa shape index (κ2) is 6.88. The molecule has 0 bridgehead atoms. The van der Waals surface area contributed by atoms with Crippen molar-refractivity contribution >= 4 is 23.5 Å². The van der Waals surface area contributed by atoms with Crippen LogP contribution in [-0.4, -0.2) is 29.7 Å². The topological polar surface area (TPSA) is 55.4 Å². The lowest BCUT2D eigenvalue weighted by Crippen LogP contribution is -2.60. The van der Waals surface area contributed by atoms with E-state index in [1.54, 1.807) is 0 Å². The maximum absolute atomic E-state index is 13.0. The number of carbonyl (C=O) groups excluding carboxylic acids is 2. The number of rotatable bonds is 4. The monoisotopic (exact) mass is 377 g/mol. The molecule has 0 aromatic heterocycles. The van der Waals surface area contributed by atoms with Gasteiger partial charge in [0.15, 0.2) is 0 Å². The van der Waals surface area contributed by atoms with Gasteiger partial charge < -0.3 is 10.1 Å². The number of nitrogens with one attached hydrogen (secondary N) is 1. The van der Waals surface area contributed by atoms with Crippen molar-refractivity contribution in [2.24, 2.45) is 0 Å². The molecule has 1 amide bonds. The third-order valence-electron chi connectivity index (χ3n) is 2.69. The van der Waals surface area contributed by atoms with Gasteiger partial charge in [-0.25, -0.2) is 4.79 Å². The summed E-state index contributed by atoms with van der Waals surface area (Å²) in [6.07, 6.45) is -10.3. The molecule has 11 heteroatoms. The van der Waals surface area contributed by atoms with E-state index in [9.17, 15) is 35.9 Å². The normalized spacial score (nSPS) is 14.7. The van der Waals surface area contributed by atoms with Crippen molar-refractivity contribution < 1.29 is 40.7 Å². The summed E-state index contributed by atoms with van der Waals surface area (Å²) in [5.74, 6) is -3.62. The van der Waals surface area contributed by atoms with Crippen LogP contribution in [0.2, 0.25) is 0 Å². The number of alkyl halides is 7. The molecule has 134 valence electrons. The van der Waals surface area contributed by atoms with Crippen LogP contribution in [0.25, 0.3) is 0 Å². The van der Waals surface area contributed by atoms with Crippen molar-refractivity contribution in [3.05, 3.63) is 35.4 Å². The van der Waals surface area contributed by atoms with Crippen LogP contribution < -0.4 is 5.32 Å². The minimum absolute atomic E-state index is 0.328. The van der Waals surface area contributed by atoms with Crippen LogP contribution in [0.3, 0.4) is 0 Å². The van der Waals surface area contributed by atoms with Gasteiger partial charge in [-0.05, 0) is 25.1 Å². The molecular weight excluding hydrogens is 368 g/mol. The Kier molecular flexibility index (Phi) is 5.75. The molecule has 0 fully saturated rings. The van der Waals surface area contributed by atoms with Crippen LogP contribution in [0.15, 0.2) is 24.3 Å². The highest BCUT2D eigenvalue weighted by molar-refractivity contribution is 6.35. The van der Waals surface area contributed by atoms with Gasteiger partial charge in [-0.3, -0.25) is 4.79 Å².